The van der Waals surface area contributed by atoms with E-state index in [1.165, 1.54) is 16.0 Å². The van der Waals surface area contributed by atoms with Crippen LogP contribution in [0.1, 0.15) is 11.1 Å². The monoisotopic (exact) mass is 153 g/mol. The average Bonchev–Trinajstić information content (AvgIpc) is 1.88. The van der Waals surface area contributed by atoms with E-state index in [0.29, 0.717) is 0 Å². The summed E-state index contributed by atoms with van der Waals surface area (Å²) in [6.45, 7) is 4.18. The number of aromatic nitrogens is 1. The first-order valence-corrected chi connectivity index (χ1v) is 4.43. The summed E-state index contributed by atoms with van der Waals surface area (Å²) in [6.07, 6.45) is 5.90. The van der Waals surface area contributed by atoms with E-state index < -0.39 is 0 Å². The summed E-state index contributed by atoms with van der Waals surface area (Å²) in [6, 6.07) is 0. The smallest absolute Gasteiger partial charge is 0.0308 e. The Balaban J connectivity index is 3.17. The van der Waals surface area contributed by atoms with Crippen LogP contribution in [-0.2, 0) is 0 Å². The number of pyridine rings is 1. The fourth-order valence-corrected chi connectivity index (χ4v) is 1.76. The topological polar surface area (TPSA) is 12.9 Å². The van der Waals surface area contributed by atoms with Crippen LogP contribution in [0.15, 0.2) is 17.3 Å². The lowest BCUT2D eigenvalue weighted by atomic mass is 10.2. The van der Waals surface area contributed by atoms with Crippen molar-refractivity contribution in [3.05, 3.63) is 23.5 Å². The summed E-state index contributed by atoms with van der Waals surface area (Å²) in [7, 11) is 0. The van der Waals surface area contributed by atoms with Crippen LogP contribution in [0.25, 0.3) is 0 Å². The Morgan fingerprint density at radius 1 is 1.20 bits per heavy atom. The highest BCUT2D eigenvalue weighted by molar-refractivity contribution is 7.98. The van der Waals surface area contributed by atoms with Crippen molar-refractivity contribution in [1.82, 2.24) is 4.98 Å². The van der Waals surface area contributed by atoms with E-state index in [9.17, 15) is 0 Å². The van der Waals surface area contributed by atoms with E-state index >= 15 is 0 Å². The standard InChI is InChI=1S/C8H11NS/c1-6-4-9-5-7(2)8(6)10-3/h4-5H,1-3H3. The van der Waals surface area contributed by atoms with Gasteiger partial charge >= 0.3 is 0 Å². The van der Waals surface area contributed by atoms with Gasteiger partial charge in [0.05, 0.1) is 0 Å². The molecule has 1 nitrogen and oxygen atoms in total. The summed E-state index contributed by atoms with van der Waals surface area (Å²) in [4.78, 5) is 5.44. The number of aryl methyl sites for hydroxylation is 2. The van der Waals surface area contributed by atoms with Crippen LogP contribution in [0.5, 0.6) is 0 Å². The molecule has 0 amide bonds. The maximum atomic E-state index is 4.08. The zero-order valence-corrected chi connectivity index (χ0v) is 7.33. The average molecular weight is 153 g/mol. The molecule has 1 aromatic rings. The highest BCUT2D eigenvalue weighted by Crippen LogP contribution is 2.21. The van der Waals surface area contributed by atoms with Gasteiger partial charge in [0.15, 0.2) is 0 Å². The Labute approximate surface area is 65.9 Å². The molecule has 10 heavy (non-hydrogen) atoms. The molecule has 54 valence electrons. The van der Waals surface area contributed by atoms with Gasteiger partial charge in [-0.05, 0) is 31.2 Å². The normalized spacial score (nSPS) is 9.90. The predicted molar refractivity (Wildman–Crippen MR) is 45.5 cm³/mol. The Morgan fingerprint density at radius 3 is 2.00 bits per heavy atom. The van der Waals surface area contributed by atoms with Crippen molar-refractivity contribution in [1.29, 1.82) is 0 Å². The summed E-state index contributed by atoms with van der Waals surface area (Å²) in [5.74, 6) is 0. The van der Waals surface area contributed by atoms with Gasteiger partial charge < -0.3 is 0 Å². The Kier molecular flexibility index (Phi) is 2.33. The van der Waals surface area contributed by atoms with E-state index in [1.807, 2.05) is 12.4 Å². The summed E-state index contributed by atoms with van der Waals surface area (Å²) in [5, 5.41) is 0. The molecule has 1 heterocycles. The van der Waals surface area contributed by atoms with Crippen molar-refractivity contribution in [2.75, 3.05) is 6.26 Å². The number of nitrogens with zero attached hydrogens (tertiary/aromatic N) is 1. The van der Waals surface area contributed by atoms with Gasteiger partial charge in [-0.2, -0.15) is 0 Å². The third kappa shape index (κ3) is 1.32. The van der Waals surface area contributed by atoms with Crippen molar-refractivity contribution < 1.29 is 0 Å². The van der Waals surface area contributed by atoms with E-state index in [1.54, 1.807) is 11.8 Å². The minimum Gasteiger partial charge on any atom is -0.264 e. The van der Waals surface area contributed by atoms with Crippen LogP contribution >= 0.6 is 11.8 Å². The second-order valence-corrected chi connectivity index (χ2v) is 3.12. The second kappa shape index (κ2) is 3.06. The van der Waals surface area contributed by atoms with Gasteiger partial charge in [-0.1, -0.05) is 0 Å². The minimum absolute atomic E-state index is 1.27. The summed E-state index contributed by atoms with van der Waals surface area (Å²) < 4.78 is 0. The lowest BCUT2D eigenvalue weighted by Gasteiger charge is -2.03. The van der Waals surface area contributed by atoms with Gasteiger partial charge in [0.25, 0.3) is 0 Å². The molecule has 0 aromatic carbocycles. The Morgan fingerprint density at radius 2 is 1.70 bits per heavy atom. The maximum absolute atomic E-state index is 4.08. The molecule has 0 saturated carbocycles. The largest absolute Gasteiger partial charge is 0.264 e. The van der Waals surface area contributed by atoms with Gasteiger partial charge in [-0.3, -0.25) is 4.98 Å². The molecule has 0 saturated heterocycles. The Hall–Kier alpha value is -0.500. The minimum atomic E-state index is 1.27. The van der Waals surface area contributed by atoms with Crippen LogP contribution in [0, 0.1) is 13.8 Å². The maximum Gasteiger partial charge on any atom is 0.0308 e. The quantitative estimate of drug-likeness (QED) is 0.575. The molecule has 1 aromatic heterocycles. The van der Waals surface area contributed by atoms with Crippen LogP contribution in [0.2, 0.25) is 0 Å². The van der Waals surface area contributed by atoms with E-state index in [2.05, 4.69) is 25.1 Å². The number of rotatable bonds is 1. The first-order valence-electron chi connectivity index (χ1n) is 3.21. The zero-order valence-electron chi connectivity index (χ0n) is 6.51. The third-order valence-corrected chi connectivity index (χ3v) is 2.51. The number of hydrogen-bond acceptors (Lipinski definition) is 2. The lowest BCUT2D eigenvalue weighted by Crippen LogP contribution is -1.85. The number of thioether (sulfide) groups is 1. The van der Waals surface area contributed by atoms with Crippen molar-refractivity contribution in [3.8, 4) is 0 Å². The van der Waals surface area contributed by atoms with Gasteiger partial charge in [0.2, 0.25) is 0 Å². The van der Waals surface area contributed by atoms with Gasteiger partial charge in [-0.15, -0.1) is 11.8 Å². The van der Waals surface area contributed by atoms with E-state index in [-0.39, 0.29) is 0 Å². The molecule has 0 N–H and O–H groups in total. The Bertz CT molecular complexity index is 212. The molecule has 0 aliphatic rings. The lowest BCUT2D eigenvalue weighted by molar-refractivity contribution is 1.12. The predicted octanol–water partition coefficient (Wildman–Crippen LogP) is 2.42. The molecule has 0 atom stereocenters. The van der Waals surface area contributed by atoms with Crippen LogP contribution < -0.4 is 0 Å². The molecule has 0 radical (unpaired) electrons. The molecule has 0 aliphatic carbocycles. The van der Waals surface area contributed by atoms with Crippen LogP contribution in [0.4, 0.5) is 0 Å². The SMILES string of the molecule is CSc1c(C)cncc1C. The molecule has 0 fully saturated rings. The zero-order chi connectivity index (χ0) is 7.56. The number of hydrogen-bond donors (Lipinski definition) is 0. The first-order chi connectivity index (χ1) is 4.75. The van der Waals surface area contributed by atoms with Crippen LogP contribution in [0.3, 0.4) is 0 Å². The van der Waals surface area contributed by atoms with Crippen LogP contribution in [-0.4, -0.2) is 11.2 Å². The van der Waals surface area contributed by atoms with Gasteiger partial charge in [0, 0.05) is 17.3 Å². The van der Waals surface area contributed by atoms with Gasteiger partial charge in [0.1, 0.15) is 0 Å². The summed E-state index contributed by atoms with van der Waals surface area (Å²) >= 11 is 1.78. The van der Waals surface area contributed by atoms with Crippen molar-refractivity contribution in [2.24, 2.45) is 0 Å². The van der Waals surface area contributed by atoms with Gasteiger partial charge in [-0.25, -0.2) is 0 Å². The first kappa shape index (κ1) is 7.61. The molecule has 2 heteroatoms. The molecule has 1 rings (SSSR count). The fraction of sp³-hybridized carbons (Fsp3) is 0.375. The van der Waals surface area contributed by atoms with Crippen molar-refractivity contribution >= 4 is 11.8 Å². The molecular formula is C8H11NS. The van der Waals surface area contributed by atoms with Crippen molar-refractivity contribution in [2.45, 2.75) is 18.7 Å². The molecule has 0 spiro atoms. The highest BCUT2D eigenvalue weighted by atomic mass is 32.2. The molecule has 0 bridgehead atoms. The molecule has 0 aliphatic heterocycles. The molecule has 0 unspecified atom stereocenters. The van der Waals surface area contributed by atoms with Crippen molar-refractivity contribution in [3.63, 3.8) is 0 Å². The fourth-order valence-electron chi connectivity index (χ4n) is 1.01. The molecular weight excluding hydrogens is 142 g/mol. The van der Waals surface area contributed by atoms with E-state index in [4.69, 9.17) is 0 Å². The highest BCUT2D eigenvalue weighted by Gasteiger charge is 1.98. The second-order valence-electron chi connectivity index (χ2n) is 2.31. The van der Waals surface area contributed by atoms with E-state index in [0.717, 1.165) is 0 Å². The third-order valence-electron chi connectivity index (χ3n) is 1.46. The summed E-state index contributed by atoms with van der Waals surface area (Å²) in [5.41, 5.74) is 2.54.